The van der Waals surface area contributed by atoms with Crippen molar-refractivity contribution in [3.05, 3.63) is 65.1 Å². The second kappa shape index (κ2) is 7.74. The van der Waals surface area contributed by atoms with E-state index in [4.69, 9.17) is 11.6 Å². The summed E-state index contributed by atoms with van der Waals surface area (Å²) < 4.78 is 4.15. The maximum atomic E-state index is 6.05. The number of hydrogen-bond acceptors (Lipinski definition) is 4. The molecule has 27 heavy (non-hydrogen) atoms. The van der Waals surface area contributed by atoms with Gasteiger partial charge in [0.25, 0.3) is 0 Å². The molecule has 7 heteroatoms. The van der Waals surface area contributed by atoms with Gasteiger partial charge in [-0.25, -0.2) is 4.98 Å². The summed E-state index contributed by atoms with van der Waals surface area (Å²) in [4.78, 5) is 4.65. The zero-order chi connectivity index (χ0) is 18.8. The monoisotopic (exact) mass is 397 g/mol. The Balaban J connectivity index is 1.59. The number of aromatic nitrogens is 5. The highest BCUT2D eigenvalue weighted by atomic mass is 35.5. The van der Waals surface area contributed by atoms with Crippen molar-refractivity contribution in [1.29, 1.82) is 0 Å². The SMILES string of the molecule is CCCn1c(SCc2cn3cc(Cl)ccc3n2)nnc1-c1cccc(C)c1. The number of nitrogens with zero attached hydrogens (tertiary/aromatic N) is 5. The van der Waals surface area contributed by atoms with Crippen molar-refractivity contribution in [3.63, 3.8) is 0 Å². The van der Waals surface area contributed by atoms with Crippen LogP contribution in [0.4, 0.5) is 0 Å². The summed E-state index contributed by atoms with van der Waals surface area (Å²) in [5.41, 5.74) is 4.21. The molecule has 0 aliphatic rings. The van der Waals surface area contributed by atoms with Crippen LogP contribution in [0.1, 0.15) is 24.6 Å². The van der Waals surface area contributed by atoms with Gasteiger partial charge in [0.05, 0.1) is 10.7 Å². The van der Waals surface area contributed by atoms with Crippen LogP contribution in [-0.4, -0.2) is 24.1 Å². The molecule has 4 aromatic rings. The molecule has 5 nitrogen and oxygen atoms in total. The van der Waals surface area contributed by atoms with Gasteiger partial charge >= 0.3 is 0 Å². The lowest BCUT2D eigenvalue weighted by atomic mass is 10.1. The van der Waals surface area contributed by atoms with E-state index in [-0.39, 0.29) is 0 Å². The highest BCUT2D eigenvalue weighted by Crippen LogP contribution is 2.27. The van der Waals surface area contributed by atoms with E-state index >= 15 is 0 Å². The molecule has 138 valence electrons. The van der Waals surface area contributed by atoms with E-state index in [1.807, 2.05) is 28.9 Å². The molecule has 4 rings (SSSR count). The van der Waals surface area contributed by atoms with Gasteiger partial charge in [0.1, 0.15) is 5.65 Å². The van der Waals surface area contributed by atoms with E-state index in [1.165, 1.54) is 5.56 Å². The first-order valence-corrected chi connectivity index (χ1v) is 10.3. The van der Waals surface area contributed by atoms with Gasteiger partial charge in [0.15, 0.2) is 11.0 Å². The van der Waals surface area contributed by atoms with Crippen molar-refractivity contribution in [2.45, 2.75) is 37.7 Å². The molecule has 0 spiro atoms. The Morgan fingerprint density at radius 1 is 1.11 bits per heavy atom. The van der Waals surface area contributed by atoms with E-state index in [1.54, 1.807) is 11.8 Å². The van der Waals surface area contributed by atoms with Gasteiger partial charge in [-0.3, -0.25) is 0 Å². The highest BCUT2D eigenvalue weighted by molar-refractivity contribution is 7.98. The number of benzene rings is 1. The van der Waals surface area contributed by atoms with Crippen molar-refractivity contribution in [2.24, 2.45) is 0 Å². The summed E-state index contributed by atoms with van der Waals surface area (Å²) in [5.74, 6) is 1.65. The number of fused-ring (bicyclic) bond motifs is 1. The first-order chi connectivity index (χ1) is 13.1. The molecule has 3 heterocycles. The normalized spacial score (nSPS) is 11.4. The minimum Gasteiger partial charge on any atom is -0.305 e. The van der Waals surface area contributed by atoms with E-state index in [0.717, 1.165) is 46.6 Å². The molecule has 3 aromatic heterocycles. The van der Waals surface area contributed by atoms with Crippen LogP contribution in [-0.2, 0) is 12.3 Å². The van der Waals surface area contributed by atoms with Gasteiger partial charge in [0.2, 0.25) is 0 Å². The average molecular weight is 398 g/mol. The Morgan fingerprint density at radius 2 is 2.00 bits per heavy atom. The fraction of sp³-hybridized carbons (Fsp3) is 0.250. The van der Waals surface area contributed by atoms with Gasteiger partial charge in [-0.1, -0.05) is 54.0 Å². The minimum absolute atomic E-state index is 0.699. The third-order valence-corrected chi connectivity index (χ3v) is 5.48. The zero-order valence-corrected chi connectivity index (χ0v) is 16.8. The quantitative estimate of drug-likeness (QED) is 0.416. The number of imidazole rings is 1. The first-order valence-electron chi connectivity index (χ1n) is 8.90. The topological polar surface area (TPSA) is 48.0 Å². The summed E-state index contributed by atoms with van der Waals surface area (Å²) in [7, 11) is 0. The van der Waals surface area contributed by atoms with Gasteiger partial charge in [0, 0.05) is 30.3 Å². The van der Waals surface area contributed by atoms with E-state index in [0.29, 0.717) is 5.02 Å². The fourth-order valence-corrected chi connectivity index (χ4v) is 4.06. The number of pyridine rings is 1. The lowest BCUT2D eigenvalue weighted by molar-refractivity contribution is 0.626. The van der Waals surface area contributed by atoms with Crippen molar-refractivity contribution >= 4 is 29.0 Å². The number of aryl methyl sites for hydroxylation is 1. The predicted octanol–water partition coefficient (Wildman–Crippen LogP) is 5.26. The van der Waals surface area contributed by atoms with Crippen LogP contribution in [0.2, 0.25) is 5.02 Å². The first kappa shape index (κ1) is 18.1. The fourth-order valence-electron chi connectivity index (χ4n) is 3.04. The third kappa shape index (κ3) is 3.87. The number of halogens is 1. The number of hydrogen-bond donors (Lipinski definition) is 0. The average Bonchev–Trinajstić information content (AvgIpc) is 3.23. The molecular weight excluding hydrogens is 378 g/mol. The van der Waals surface area contributed by atoms with Crippen LogP contribution in [0.15, 0.2) is 53.9 Å². The number of rotatable bonds is 6. The zero-order valence-electron chi connectivity index (χ0n) is 15.3. The second-order valence-electron chi connectivity index (χ2n) is 6.46. The molecule has 0 radical (unpaired) electrons. The summed E-state index contributed by atoms with van der Waals surface area (Å²) in [6, 6.07) is 12.2. The molecule has 0 unspecified atom stereocenters. The Kier molecular flexibility index (Phi) is 5.18. The van der Waals surface area contributed by atoms with Gasteiger partial charge in [-0.15, -0.1) is 10.2 Å². The van der Waals surface area contributed by atoms with Crippen LogP contribution >= 0.6 is 23.4 Å². The van der Waals surface area contributed by atoms with Crippen LogP contribution in [0, 0.1) is 6.92 Å². The molecule has 0 amide bonds. The van der Waals surface area contributed by atoms with Crippen molar-refractivity contribution in [3.8, 4) is 11.4 Å². The van der Waals surface area contributed by atoms with Gasteiger partial charge < -0.3 is 8.97 Å². The van der Waals surface area contributed by atoms with E-state index in [2.05, 4.69) is 57.9 Å². The summed E-state index contributed by atoms with van der Waals surface area (Å²) >= 11 is 7.71. The van der Waals surface area contributed by atoms with Crippen molar-refractivity contribution in [1.82, 2.24) is 24.1 Å². The maximum absolute atomic E-state index is 6.05. The standard InChI is InChI=1S/C20H20ClN5S/c1-3-9-26-19(15-6-4-5-14(2)10-15)23-24-20(26)27-13-17-12-25-11-16(21)7-8-18(25)22-17/h4-8,10-12H,3,9,13H2,1-2H3. The molecular formula is C20H20ClN5S. The maximum Gasteiger partial charge on any atom is 0.191 e. The van der Waals surface area contributed by atoms with Gasteiger partial charge in [-0.05, 0) is 31.5 Å². The lowest BCUT2D eigenvalue weighted by Gasteiger charge is -2.09. The molecule has 1 aromatic carbocycles. The summed E-state index contributed by atoms with van der Waals surface area (Å²) in [6.07, 6.45) is 4.90. The van der Waals surface area contributed by atoms with Crippen molar-refractivity contribution < 1.29 is 0 Å². The number of thioether (sulfide) groups is 1. The molecule has 0 aliphatic carbocycles. The van der Waals surface area contributed by atoms with Crippen LogP contribution < -0.4 is 0 Å². The van der Waals surface area contributed by atoms with Gasteiger partial charge in [-0.2, -0.15) is 0 Å². The van der Waals surface area contributed by atoms with Crippen molar-refractivity contribution in [2.75, 3.05) is 0 Å². The smallest absolute Gasteiger partial charge is 0.191 e. The predicted molar refractivity (Wildman–Crippen MR) is 110 cm³/mol. The van der Waals surface area contributed by atoms with E-state index < -0.39 is 0 Å². The summed E-state index contributed by atoms with van der Waals surface area (Å²) in [6.45, 7) is 5.15. The lowest BCUT2D eigenvalue weighted by Crippen LogP contribution is -2.02. The van der Waals surface area contributed by atoms with E-state index in [9.17, 15) is 0 Å². The Bertz CT molecular complexity index is 1090. The second-order valence-corrected chi connectivity index (χ2v) is 7.84. The Labute approximate surface area is 167 Å². The van der Waals surface area contributed by atoms with Crippen LogP contribution in [0.3, 0.4) is 0 Å². The van der Waals surface area contributed by atoms with Crippen LogP contribution in [0.25, 0.3) is 17.0 Å². The summed E-state index contributed by atoms with van der Waals surface area (Å²) in [5, 5.41) is 10.5. The largest absolute Gasteiger partial charge is 0.305 e. The molecule has 0 bridgehead atoms. The highest BCUT2D eigenvalue weighted by Gasteiger charge is 2.15. The molecule has 0 N–H and O–H groups in total. The molecule has 0 saturated carbocycles. The molecule has 0 saturated heterocycles. The Hall–Kier alpha value is -2.31. The molecule has 0 fully saturated rings. The minimum atomic E-state index is 0.699. The molecule has 0 atom stereocenters. The Morgan fingerprint density at radius 3 is 2.81 bits per heavy atom. The third-order valence-electron chi connectivity index (χ3n) is 4.25. The molecule has 0 aliphatic heterocycles. The van der Waals surface area contributed by atoms with Crippen LogP contribution in [0.5, 0.6) is 0 Å².